The smallest absolute Gasteiger partial charge is 0.383 e. The highest BCUT2D eigenvalue weighted by atomic mass is 19.4. The third-order valence-electron chi connectivity index (χ3n) is 5.18. The molecule has 3 aromatic heterocycles. The number of nitrogen functional groups attached to an aromatic ring is 1. The quantitative estimate of drug-likeness (QED) is 0.444. The minimum Gasteiger partial charge on any atom is -0.383 e. The van der Waals surface area contributed by atoms with Crippen LogP contribution in [0.25, 0.3) is 22.6 Å². The number of rotatable bonds is 4. The lowest BCUT2D eigenvalue weighted by Crippen LogP contribution is -2.36. The summed E-state index contributed by atoms with van der Waals surface area (Å²) in [6, 6.07) is 0. The first-order chi connectivity index (χ1) is 16.5. The average molecular weight is 469 g/mol. The van der Waals surface area contributed by atoms with Crippen molar-refractivity contribution in [3.63, 3.8) is 0 Å². The van der Waals surface area contributed by atoms with Crippen LogP contribution in [0.2, 0.25) is 0 Å². The number of nitrogens with one attached hydrogen (secondary N) is 1. The second-order valence-electron chi connectivity index (χ2n) is 7.36. The fourth-order valence-corrected chi connectivity index (χ4v) is 3.30. The summed E-state index contributed by atoms with van der Waals surface area (Å²) in [7, 11) is 0. The maximum atomic E-state index is 13.5. The molecule has 3 N–H and O–H groups in total. The van der Waals surface area contributed by atoms with Gasteiger partial charge in [-0.1, -0.05) is 5.92 Å². The highest BCUT2D eigenvalue weighted by Crippen LogP contribution is 2.41. The van der Waals surface area contributed by atoms with Gasteiger partial charge in [-0.15, -0.1) is 6.42 Å². The van der Waals surface area contributed by atoms with Gasteiger partial charge in [-0.25, -0.2) is 19.9 Å². The van der Waals surface area contributed by atoms with Gasteiger partial charge in [0.25, 0.3) is 0 Å². The van der Waals surface area contributed by atoms with Crippen LogP contribution in [-0.4, -0.2) is 47.7 Å². The van der Waals surface area contributed by atoms with Crippen molar-refractivity contribution >= 4 is 28.6 Å². The van der Waals surface area contributed by atoms with E-state index >= 15 is 0 Å². The van der Waals surface area contributed by atoms with Crippen molar-refractivity contribution in [3.8, 4) is 23.9 Å². The van der Waals surface area contributed by atoms with Crippen molar-refractivity contribution in [2.24, 2.45) is 6.98 Å². The second-order valence-corrected chi connectivity index (χ2v) is 7.36. The first-order valence-electron chi connectivity index (χ1n) is 10.7. The Morgan fingerprint density at radius 1 is 1.27 bits per heavy atom. The van der Waals surface area contributed by atoms with Crippen molar-refractivity contribution in [2.75, 3.05) is 11.1 Å². The first kappa shape index (κ1) is 18.7. The number of alkyl halides is 5. The Labute approximate surface area is 186 Å². The Morgan fingerprint density at radius 2 is 2.00 bits per heavy atom. The number of nitrogens with two attached hydrogens (primary N) is 1. The Kier molecular flexibility index (Phi) is 3.99. The lowest BCUT2D eigenvalue weighted by Gasteiger charge is -2.19. The molecule has 1 aliphatic heterocycles. The average Bonchev–Trinajstić information content (AvgIpc) is 3.30. The van der Waals surface area contributed by atoms with E-state index in [9.17, 15) is 26.7 Å². The molecule has 3 aromatic rings. The summed E-state index contributed by atoms with van der Waals surface area (Å²) in [4.78, 5) is 28.5. The second kappa shape index (κ2) is 7.06. The van der Waals surface area contributed by atoms with Gasteiger partial charge in [0.2, 0.25) is 5.91 Å². The summed E-state index contributed by atoms with van der Waals surface area (Å²) in [5, 5.41) is 6.12. The van der Waals surface area contributed by atoms with Gasteiger partial charge < -0.3 is 11.1 Å². The fraction of sp³-hybridized carbons (Fsp3) is 0.368. The van der Waals surface area contributed by atoms with E-state index in [-0.39, 0.29) is 39.8 Å². The minimum atomic E-state index is -5.81. The molecule has 1 amide bonds. The SMILES string of the molecule is [2H]C([2H])([2H])n1ncc2c(-c3nc(N)c4c(n3)NC(=O)C4(C)C#C)nc(CCC(F)(F)C(F)(F)F)nc21. The zero-order valence-corrected chi connectivity index (χ0v) is 16.6. The van der Waals surface area contributed by atoms with Crippen LogP contribution >= 0.6 is 0 Å². The lowest BCUT2D eigenvalue weighted by atomic mass is 9.86. The zero-order chi connectivity index (χ0) is 26.8. The van der Waals surface area contributed by atoms with E-state index in [1.54, 1.807) is 0 Å². The molecule has 1 unspecified atom stereocenters. The number of anilines is 2. The van der Waals surface area contributed by atoms with Crippen LogP contribution in [-0.2, 0) is 23.6 Å². The van der Waals surface area contributed by atoms with Crippen LogP contribution in [0, 0.1) is 12.3 Å². The van der Waals surface area contributed by atoms with Gasteiger partial charge in [0.15, 0.2) is 11.5 Å². The van der Waals surface area contributed by atoms with Gasteiger partial charge in [0.05, 0.1) is 17.1 Å². The number of carbonyl (C=O) groups excluding carboxylic acids is 1. The van der Waals surface area contributed by atoms with Crippen LogP contribution in [0.4, 0.5) is 33.6 Å². The minimum absolute atomic E-state index is 0.0548. The number of aryl methyl sites for hydroxylation is 2. The monoisotopic (exact) mass is 469 g/mol. The standard InChI is InChI=1S/C19H15F5N8O/c1-4-17(2)10-12(25)29-14(30-13(10)31-16(17)33)11-8-7-26-32(3)15(8)28-9(27-11)5-6-18(20,21)19(22,23)24/h1,7H,5-6H2,2-3H3,(H3,25,29,30,31,33)/i3D3. The molecule has 0 aromatic carbocycles. The summed E-state index contributed by atoms with van der Waals surface area (Å²) < 4.78 is 88.3. The Morgan fingerprint density at radius 3 is 2.64 bits per heavy atom. The number of terminal acetylenes is 1. The molecule has 0 spiro atoms. The molecule has 1 aliphatic rings. The van der Waals surface area contributed by atoms with Crippen molar-refractivity contribution in [1.29, 1.82) is 0 Å². The highest BCUT2D eigenvalue weighted by Gasteiger charge is 2.56. The summed E-state index contributed by atoms with van der Waals surface area (Å²) in [6.07, 6.45) is -1.96. The molecule has 14 heteroatoms. The van der Waals surface area contributed by atoms with E-state index in [1.807, 2.05) is 0 Å². The zero-order valence-electron chi connectivity index (χ0n) is 19.6. The van der Waals surface area contributed by atoms with Gasteiger partial charge in [0.1, 0.15) is 28.6 Å². The Hall–Kier alpha value is -3.89. The highest BCUT2D eigenvalue weighted by molar-refractivity contribution is 6.09. The van der Waals surface area contributed by atoms with E-state index in [2.05, 4.69) is 36.3 Å². The number of halogens is 5. The third kappa shape index (κ3) is 3.40. The Bertz CT molecular complexity index is 1450. The summed E-state index contributed by atoms with van der Waals surface area (Å²) in [5.74, 6) is -4.49. The molecule has 4 rings (SSSR count). The van der Waals surface area contributed by atoms with Crippen LogP contribution in [0.15, 0.2) is 6.20 Å². The van der Waals surface area contributed by atoms with Crippen molar-refractivity contribution in [1.82, 2.24) is 29.7 Å². The number of nitrogens with zero attached hydrogens (tertiary/aromatic N) is 6. The number of fused-ring (bicyclic) bond motifs is 2. The molecule has 172 valence electrons. The van der Waals surface area contributed by atoms with Crippen molar-refractivity contribution in [3.05, 3.63) is 17.6 Å². The maximum Gasteiger partial charge on any atom is 0.453 e. The fourth-order valence-electron chi connectivity index (χ4n) is 3.30. The van der Waals surface area contributed by atoms with E-state index < -0.39 is 49.1 Å². The predicted molar refractivity (Wildman–Crippen MR) is 106 cm³/mol. The molecule has 0 fully saturated rings. The molecular weight excluding hydrogens is 451 g/mol. The van der Waals surface area contributed by atoms with E-state index in [1.165, 1.54) is 6.92 Å². The van der Waals surface area contributed by atoms with Gasteiger partial charge in [-0.2, -0.15) is 27.1 Å². The van der Waals surface area contributed by atoms with Crippen LogP contribution in [0.1, 0.15) is 28.8 Å². The van der Waals surface area contributed by atoms with E-state index in [0.29, 0.717) is 4.68 Å². The summed E-state index contributed by atoms with van der Waals surface area (Å²) in [5.41, 5.74) is 4.01. The normalized spacial score (nSPS) is 20.0. The Balaban J connectivity index is 1.90. The first-order valence-corrected chi connectivity index (χ1v) is 9.17. The van der Waals surface area contributed by atoms with Gasteiger partial charge in [0, 0.05) is 23.9 Å². The van der Waals surface area contributed by atoms with Gasteiger partial charge >= 0.3 is 12.1 Å². The van der Waals surface area contributed by atoms with Gasteiger partial charge in [-0.3, -0.25) is 9.48 Å². The number of aromatic nitrogens is 6. The lowest BCUT2D eigenvalue weighted by molar-refractivity contribution is -0.284. The van der Waals surface area contributed by atoms with Crippen molar-refractivity contribution in [2.45, 2.75) is 37.3 Å². The molecule has 9 nitrogen and oxygen atoms in total. The van der Waals surface area contributed by atoms with Crippen LogP contribution in [0.3, 0.4) is 0 Å². The molecule has 0 saturated carbocycles. The molecule has 4 heterocycles. The number of hydrogen-bond donors (Lipinski definition) is 2. The number of hydrogen-bond acceptors (Lipinski definition) is 7. The molecule has 0 radical (unpaired) electrons. The molecule has 0 saturated heterocycles. The van der Waals surface area contributed by atoms with E-state index in [4.69, 9.17) is 16.3 Å². The molecule has 0 aliphatic carbocycles. The third-order valence-corrected chi connectivity index (χ3v) is 5.18. The van der Waals surface area contributed by atoms with Crippen molar-refractivity contribution < 1.29 is 30.9 Å². The molecular formula is C19H15F5N8O. The van der Waals surface area contributed by atoms with Crippen LogP contribution < -0.4 is 11.1 Å². The summed E-state index contributed by atoms with van der Waals surface area (Å²) >= 11 is 0. The largest absolute Gasteiger partial charge is 0.453 e. The molecule has 0 bridgehead atoms. The number of carbonyl (C=O) groups is 1. The van der Waals surface area contributed by atoms with Crippen LogP contribution in [0.5, 0.6) is 0 Å². The van der Waals surface area contributed by atoms with Gasteiger partial charge in [-0.05, 0) is 6.92 Å². The van der Waals surface area contributed by atoms with E-state index in [0.717, 1.165) is 6.20 Å². The number of amides is 1. The molecule has 33 heavy (non-hydrogen) atoms. The maximum absolute atomic E-state index is 13.5. The predicted octanol–water partition coefficient (Wildman–Crippen LogP) is 2.38. The topological polar surface area (TPSA) is 124 Å². The summed E-state index contributed by atoms with van der Waals surface area (Å²) in [6.45, 7) is -1.46. The molecule has 1 atom stereocenters.